The van der Waals surface area contributed by atoms with Crippen LogP contribution in [0.4, 0.5) is 5.69 Å². The summed E-state index contributed by atoms with van der Waals surface area (Å²) < 4.78 is 4.15. The number of carbonyl (C=O) groups is 3. The van der Waals surface area contributed by atoms with Crippen LogP contribution in [0, 0.1) is 10.1 Å². The maximum Gasteiger partial charge on any atom is 0.293 e. The highest BCUT2D eigenvalue weighted by atomic mass is 16.6. The number of rotatable bonds is 3. The fraction of sp³-hybridized carbons (Fsp3) is 0.182. The zero-order valence-corrected chi connectivity index (χ0v) is 9.91. The minimum atomic E-state index is -0.711. The van der Waals surface area contributed by atoms with Gasteiger partial charge in [0.1, 0.15) is 5.56 Å². The van der Waals surface area contributed by atoms with Crippen molar-refractivity contribution in [3.8, 4) is 0 Å². The first kappa shape index (κ1) is 14.3. The predicted octanol–water partition coefficient (Wildman–Crippen LogP) is 0.658. The second-order valence-electron chi connectivity index (χ2n) is 3.29. The summed E-state index contributed by atoms with van der Waals surface area (Å²) in [5.41, 5.74) is -0.433. The topological polar surface area (TPSA) is 116 Å². The number of hydrogen-bond acceptors (Lipinski definition) is 6. The minimum Gasteiger partial charge on any atom is -0.468 e. The van der Waals surface area contributed by atoms with Crippen LogP contribution in [-0.2, 0) is 9.53 Å². The third-order valence-electron chi connectivity index (χ3n) is 2.17. The normalized spacial score (nSPS) is 11.8. The minimum absolute atomic E-state index is 0.0594. The van der Waals surface area contributed by atoms with Crippen molar-refractivity contribution < 1.29 is 24.0 Å². The van der Waals surface area contributed by atoms with E-state index in [0.29, 0.717) is 13.1 Å². The van der Waals surface area contributed by atoms with Crippen LogP contribution < -0.4 is 5.32 Å². The van der Waals surface area contributed by atoms with Gasteiger partial charge in [0.15, 0.2) is 0 Å². The van der Waals surface area contributed by atoms with Gasteiger partial charge < -0.3 is 4.74 Å². The van der Waals surface area contributed by atoms with Crippen LogP contribution in [0.5, 0.6) is 0 Å². The van der Waals surface area contributed by atoms with Gasteiger partial charge in [-0.15, -0.1) is 0 Å². The van der Waals surface area contributed by atoms with E-state index in [0.717, 1.165) is 0 Å². The summed E-state index contributed by atoms with van der Waals surface area (Å²) in [5.74, 6) is -1.30. The Kier molecular flexibility index (Phi) is 4.69. The Morgan fingerprint density at radius 1 is 1.37 bits per heavy atom. The molecule has 19 heavy (non-hydrogen) atoms. The van der Waals surface area contributed by atoms with E-state index in [1.165, 1.54) is 18.2 Å². The second kappa shape index (κ2) is 6.24. The van der Waals surface area contributed by atoms with Gasteiger partial charge in [0.2, 0.25) is 0 Å². The lowest BCUT2D eigenvalue weighted by molar-refractivity contribution is -0.385. The highest BCUT2D eigenvalue weighted by Crippen LogP contribution is 2.25. The number of ether oxygens (including phenoxy) is 1. The Hall–Kier alpha value is -2.77. The molecule has 0 atom stereocenters. The molecule has 0 unspecified atom stereocenters. The van der Waals surface area contributed by atoms with E-state index in [-0.39, 0.29) is 16.8 Å². The largest absolute Gasteiger partial charge is 0.468 e. The van der Waals surface area contributed by atoms with Gasteiger partial charge in [0.05, 0.1) is 17.1 Å². The van der Waals surface area contributed by atoms with E-state index >= 15 is 0 Å². The predicted molar refractivity (Wildman–Crippen MR) is 62.6 cm³/mol. The lowest BCUT2D eigenvalue weighted by atomic mass is 10.1. The molecule has 0 aromatic heterocycles. The van der Waals surface area contributed by atoms with Crippen molar-refractivity contribution in [3.63, 3.8) is 0 Å². The zero-order valence-electron chi connectivity index (χ0n) is 9.91. The molecule has 0 saturated heterocycles. The average molecular weight is 266 g/mol. The molecular weight excluding hydrogens is 256 g/mol. The molecule has 0 saturated carbocycles. The second-order valence-corrected chi connectivity index (χ2v) is 3.29. The number of nitro groups is 1. The van der Waals surface area contributed by atoms with Crippen LogP contribution >= 0.6 is 0 Å². The van der Waals surface area contributed by atoms with Gasteiger partial charge in [0.25, 0.3) is 24.0 Å². The highest BCUT2D eigenvalue weighted by molar-refractivity contribution is 6.23. The van der Waals surface area contributed by atoms with E-state index in [2.05, 4.69) is 4.74 Å². The number of carbonyl (C=O) groups excluding carboxylic acids is 3. The number of amides is 2. The molecule has 1 aliphatic rings. The molecule has 8 heteroatoms. The molecule has 0 aliphatic carbocycles. The van der Waals surface area contributed by atoms with E-state index in [9.17, 15) is 24.5 Å². The van der Waals surface area contributed by atoms with Gasteiger partial charge in [-0.1, -0.05) is 6.07 Å². The number of benzene rings is 1. The molecule has 1 N–H and O–H groups in total. The van der Waals surface area contributed by atoms with E-state index in [4.69, 9.17) is 0 Å². The lowest BCUT2D eigenvalue weighted by Crippen LogP contribution is -2.20. The summed E-state index contributed by atoms with van der Waals surface area (Å²) in [6.07, 6.45) is 0. The standard InChI is InChI=1S/C8H4N2O4.C3H6O2/c11-7-4-2-1-3-5(10(13)14)6(4)8(12)9-7;1-2-5-3-4/h1-3H,(H,9,11,12);3H,2H2,1H3. The van der Waals surface area contributed by atoms with E-state index < -0.39 is 16.7 Å². The van der Waals surface area contributed by atoms with Crippen LogP contribution in [0.3, 0.4) is 0 Å². The molecule has 0 fully saturated rings. The third-order valence-corrected chi connectivity index (χ3v) is 2.17. The number of hydrogen-bond donors (Lipinski definition) is 1. The Bertz CT molecular complexity index is 540. The first-order valence-electron chi connectivity index (χ1n) is 5.21. The summed E-state index contributed by atoms with van der Waals surface area (Å²) in [4.78, 5) is 41.3. The summed E-state index contributed by atoms with van der Waals surface area (Å²) in [5, 5.41) is 12.5. The van der Waals surface area contributed by atoms with Crippen molar-refractivity contribution in [2.45, 2.75) is 6.92 Å². The van der Waals surface area contributed by atoms with Crippen LogP contribution in [0.2, 0.25) is 0 Å². The molecule has 0 radical (unpaired) electrons. The fourth-order valence-electron chi connectivity index (χ4n) is 1.42. The summed E-state index contributed by atoms with van der Waals surface area (Å²) in [6, 6.07) is 3.94. The van der Waals surface area contributed by atoms with Gasteiger partial charge in [-0.2, -0.15) is 0 Å². The quantitative estimate of drug-likeness (QED) is 0.372. The molecule has 0 bridgehead atoms. The van der Waals surface area contributed by atoms with Crippen LogP contribution in [0.15, 0.2) is 18.2 Å². The summed E-state index contributed by atoms with van der Waals surface area (Å²) in [6.45, 7) is 2.66. The fourth-order valence-corrected chi connectivity index (χ4v) is 1.42. The van der Waals surface area contributed by atoms with Crippen molar-refractivity contribution in [3.05, 3.63) is 39.4 Å². The monoisotopic (exact) mass is 266 g/mol. The first-order chi connectivity index (χ1) is 9.02. The van der Waals surface area contributed by atoms with Crippen molar-refractivity contribution in [1.82, 2.24) is 5.32 Å². The molecule has 100 valence electrons. The SMILES string of the molecule is CCOC=O.O=C1NC(=O)c2c1cccc2[N+](=O)[O-]. The molecular formula is C11H10N2O6. The molecule has 1 aromatic rings. The maximum atomic E-state index is 11.2. The number of fused-ring (bicyclic) bond motifs is 1. The first-order valence-corrected chi connectivity index (χ1v) is 5.21. The molecule has 0 spiro atoms. The van der Waals surface area contributed by atoms with E-state index in [1.54, 1.807) is 6.92 Å². The Morgan fingerprint density at radius 2 is 2.05 bits per heavy atom. The number of nitrogens with one attached hydrogen (secondary N) is 1. The molecule has 8 nitrogen and oxygen atoms in total. The molecule has 2 rings (SSSR count). The Morgan fingerprint density at radius 3 is 2.53 bits per heavy atom. The van der Waals surface area contributed by atoms with Crippen molar-refractivity contribution in [1.29, 1.82) is 0 Å². The van der Waals surface area contributed by atoms with Crippen LogP contribution in [0.25, 0.3) is 0 Å². The van der Waals surface area contributed by atoms with Crippen molar-refractivity contribution in [2.75, 3.05) is 6.61 Å². The molecule has 1 aliphatic heterocycles. The highest BCUT2D eigenvalue weighted by Gasteiger charge is 2.33. The van der Waals surface area contributed by atoms with Crippen molar-refractivity contribution >= 4 is 24.0 Å². The zero-order chi connectivity index (χ0) is 14.4. The van der Waals surface area contributed by atoms with E-state index in [1.807, 2.05) is 5.32 Å². The van der Waals surface area contributed by atoms with Gasteiger partial charge >= 0.3 is 0 Å². The Balaban J connectivity index is 0.000000312. The third kappa shape index (κ3) is 3.12. The number of nitrogens with zero attached hydrogens (tertiary/aromatic N) is 1. The lowest BCUT2D eigenvalue weighted by Gasteiger charge is -1.95. The van der Waals surface area contributed by atoms with Gasteiger partial charge in [-0.3, -0.25) is 29.8 Å². The smallest absolute Gasteiger partial charge is 0.293 e. The maximum absolute atomic E-state index is 11.2. The Labute approximate surface area is 107 Å². The average Bonchev–Trinajstić information content (AvgIpc) is 2.67. The summed E-state index contributed by atoms with van der Waals surface area (Å²) >= 11 is 0. The van der Waals surface area contributed by atoms with Crippen LogP contribution in [0.1, 0.15) is 27.6 Å². The molecule has 1 aromatic carbocycles. The summed E-state index contributed by atoms with van der Waals surface area (Å²) in [7, 11) is 0. The molecule has 2 amide bonds. The number of imide groups is 1. The van der Waals surface area contributed by atoms with Crippen LogP contribution in [-0.4, -0.2) is 29.8 Å². The van der Waals surface area contributed by atoms with Gasteiger partial charge in [-0.25, -0.2) is 0 Å². The molecule has 1 heterocycles. The van der Waals surface area contributed by atoms with Gasteiger partial charge in [-0.05, 0) is 13.0 Å². The van der Waals surface area contributed by atoms with Gasteiger partial charge in [0, 0.05) is 6.07 Å². The van der Waals surface area contributed by atoms with Crippen molar-refractivity contribution in [2.24, 2.45) is 0 Å². The number of nitro benzene ring substituents is 1.